The largest absolute Gasteiger partial charge is 0.461 e. The van der Waals surface area contributed by atoms with E-state index < -0.39 is 5.97 Å². The first kappa shape index (κ1) is 15.6. The lowest BCUT2D eigenvalue weighted by Crippen LogP contribution is -2.23. The van der Waals surface area contributed by atoms with Crippen molar-refractivity contribution in [3.05, 3.63) is 16.1 Å². The number of nitrogens with zero attached hydrogens (tertiary/aromatic N) is 1. The van der Waals surface area contributed by atoms with Crippen LogP contribution >= 0.6 is 11.3 Å². The predicted molar refractivity (Wildman–Crippen MR) is 73.1 cm³/mol. The van der Waals surface area contributed by atoms with Crippen molar-refractivity contribution in [1.82, 2.24) is 15.6 Å². The third-order valence-electron chi connectivity index (χ3n) is 2.30. The highest BCUT2D eigenvalue weighted by Gasteiger charge is 2.11. The van der Waals surface area contributed by atoms with Crippen molar-refractivity contribution in [3.8, 4) is 0 Å². The third kappa shape index (κ3) is 5.80. The minimum atomic E-state index is -0.426. The number of amides is 1. The normalized spacial score (nSPS) is 10.2. The molecule has 0 saturated heterocycles. The third-order valence-corrected chi connectivity index (χ3v) is 3.15. The smallest absolute Gasteiger partial charge is 0.357 e. The van der Waals surface area contributed by atoms with E-state index in [4.69, 9.17) is 4.74 Å². The van der Waals surface area contributed by atoms with Crippen molar-refractivity contribution in [2.24, 2.45) is 0 Å². The van der Waals surface area contributed by atoms with Gasteiger partial charge < -0.3 is 15.4 Å². The van der Waals surface area contributed by atoms with Gasteiger partial charge in [0.15, 0.2) is 5.69 Å². The number of carbonyl (C=O) groups excluding carboxylic acids is 2. The number of rotatable bonds is 8. The Morgan fingerprint density at radius 3 is 2.95 bits per heavy atom. The van der Waals surface area contributed by atoms with Crippen molar-refractivity contribution in [1.29, 1.82) is 0 Å². The molecule has 0 radical (unpaired) electrons. The Labute approximate surface area is 116 Å². The lowest BCUT2D eigenvalue weighted by molar-refractivity contribution is -0.121. The van der Waals surface area contributed by atoms with E-state index in [1.807, 2.05) is 7.05 Å². The van der Waals surface area contributed by atoms with Crippen molar-refractivity contribution in [3.63, 3.8) is 0 Å². The van der Waals surface area contributed by atoms with Crippen LogP contribution in [0.1, 0.15) is 35.3 Å². The topological polar surface area (TPSA) is 80.3 Å². The van der Waals surface area contributed by atoms with E-state index in [0.717, 1.165) is 13.0 Å². The van der Waals surface area contributed by atoms with E-state index in [0.29, 0.717) is 30.3 Å². The van der Waals surface area contributed by atoms with Gasteiger partial charge in [-0.1, -0.05) is 0 Å². The fourth-order valence-electron chi connectivity index (χ4n) is 1.38. The van der Waals surface area contributed by atoms with Gasteiger partial charge in [-0.3, -0.25) is 4.79 Å². The molecule has 6 nitrogen and oxygen atoms in total. The van der Waals surface area contributed by atoms with Crippen LogP contribution in [0.15, 0.2) is 5.38 Å². The molecule has 19 heavy (non-hydrogen) atoms. The molecule has 1 heterocycles. The molecule has 0 aliphatic carbocycles. The molecule has 7 heteroatoms. The van der Waals surface area contributed by atoms with Gasteiger partial charge in [0.2, 0.25) is 5.91 Å². The molecule has 0 atom stereocenters. The Kier molecular flexibility index (Phi) is 7.06. The molecular weight excluding hydrogens is 266 g/mol. The molecule has 0 saturated carbocycles. The number of hydrogen-bond donors (Lipinski definition) is 2. The molecule has 106 valence electrons. The van der Waals surface area contributed by atoms with E-state index in [1.165, 1.54) is 11.3 Å². The molecule has 0 spiro atoms. The van der Waals surface area contributed by atoms with Gasteiger partial charge >= 0.3 is 5.97 Å². The van der Waals surface area contributed by atoms with Gasteiger partial charge in [0.1, 0.15) is 5.01 Å². The maximum atomic E-state index is 11.5. The zero-order valence-electron chi connectivity index (χ0n) is 11.2. The number of carbonyl (C=O) groups is 2. The Morgan fingerprint density at radius 2 is 2.26 bits per heavy atom. The fourth-order valence-corrected chi connectivity index (χ4v) is 2.08. The molecule has 1 rings (SSSR count). The van der Waals surface area contributed by atoms with Crippen LogP contribution in [0.25, 0.3) is 0 Å². The molecule has 0 unspecified atom stereocenters. The highest BCUT2D eigenvalue weighted by Crippen LogP contribution is 2.10. The van der Waals surface area contributed by atoms with E-state index >= 15 is 0 Å². The van der Waals surface area contributed by atoms with Crippen LogP contribution in [0, 0.1) is 0 Å². The maximum Gasteiger partial charge on any atom is 0.357 e. The van der Waals surface area contributed by atoms with Gasteiger partial charge in [0, 0.05) is 11.8 Å². The quantitative estimate of drug-likeness (QED) is 0.549. The lowest BCUT2D eigenvalue weighted by Gasteiger charge is -2.02. The minimum absolute atomic E-state index is 0.0110. The van der Waals surface area contributed by atoms with Crippen molar-refractivity contribution < 1.29 is 14.3 Å². The Hall–Kier alpha value is -1.47. The summed E-state index contributed by atoms with van der Waals surface area (Å²) >= 11 is 1.34. The average molecular weight is 285 g/mol. The van der Waals surface area contributed by atoms with E-state index in [2.05, 4.69) is 15.6 Å². The molecule has 1 amide bonds. The number of ether oxygens (including phenoxy) is 1. The Balaban J connectivity index is 2.33. The van der Waals surface area contributed by atoms with Gasteiger partial charge in [-0.25, -0.2) is 9.78 Å². The van der Waals surface area contributed by atoms with Gasteiger partial charge in [-0.05, 0) is 26.9 Å². The summed E-state index contributed by atoms with van der Waals surface area (Å²) < 4.78 is 4.84. The predicted octanol–water partition coefficient (Wildman–Crippen LogP) is 0.936. The molecule has 0 fully saturated rings. The summed E-state index contributed by atoms with van der Waals surface area (Å²) in [4.78, 5) is 27.0. The number of esters is 1. The summed E-state index contributed by atoms with van der Waals surface area (Å²) in [6.07, 6.45) is 1.28. The lowest BCUT2D eigenvalue weighted by atomic mass is 10.3. The first-order chi connectivity index (χ1) is 9.17. The Bertz CT molecular complexity index is 420. The maximum absolute atomic E-state index is 11.5. The molecule has 0 aromatic carbocycles. The second-order valence-electron chi connectivity index (χ2n) is 3.83. The van der Waals surface area contributed by atoms with Crippen LogP contribution in [-0.4, -0.2) is 37.1 Å². The van der Waals surface area contributed by atoms with E-state index in [-0.39, 0.29) is 5.91 Å². The monoisotopic (exact) mass is 285 g/mol. The summed E-state index contributed by atoms with van der Waals surface area (Å²) in [5.74, 6) is -0.437. The summed E-state index contributed by atoms with van der Waals surface area (Å²) in [7, 11) is 1.85. The summed E-state index contributed by atoms with van der Waals surface area (Å²) in [5.41, 5.74) is 0.297. The minimum Gasteiger partial charge on any atom is -0.461 e. The molecule has 0 bridgehead atoms. The summed E-state index contributed by atoms with van der Waals surface area (Å²) in [5, 5.41) is 8.09. The van der Waals surface area contributed by atoms with E-state index in [9.17, 15) is 9.59 Å². The SMILES string of the molecule is CCOC(=O)c1csc(CNC(=O)CCCNC)n1. The molecule has 1 aromatic rings. The van der Waals surface area contributed by atoms with Crippen LogP contribution < -0.4 is 10.6 Å². The fraction of sp³-hybridized carbons (Fsp3) is 0.583. The molecule has 0 aliphatic rings. The first-order valence-corrected chi connectivity index (χ1v) is 7.08. The van der Waals surface area contributed by atoms with Crippen LogP contribution in [0.5, 0.6) is 0 Å². The number of thiazole rings is 1. The second-order valence-corrected chi connectivity index (χ2v) is 4.77. The highest BCUT2D eigenvalue weighted by atomic mass is 32.1. The number of hydrogen-bond acceptors (Lipinski definition) is 6. The van der Waals surface area contributed by atoms with Crippen molar-refractivity contribution >= 4 is 23.2 Å². The van der Waals surface area contributed by atoms with Crippen molar-refractivity contribution in [2.75, 3.05) is 20.2 Å². The molecule has 1 aromatic heterocycles. The second kappa shape index (κ2) is 8.60. The van der Waals surface area contributed by atoms with Gasteiger partial charge in [-0.2, -0.15) is 0 Å². The van der Waals surface area contributed by atoms with Crippen LogP contribution in [0.3, 0.4) is 0 Å². The van der Waals surface area contributed by atoms with E-state index in [1.54, 1.807) is 12.3 Å². The van der Waals surface area contributed by atoms with Crippen LogP contribution in [0.4, 0.5) is 0 Å². The van der Waals surface area contributed by atoms with Crippen LogP contribution in [-0.2, 0) is 16.1 Å². The summed E-state index contributed by atoms with van der Waals surface area (Å²) in [6, 6.07) is 0. The van der Waals surface area contributed by atoms with Crippen LogP contribution in [0.2, 0.25) is 0 Å². The molecule has 2 N–H and O–H groups in total. The molecular formula is C12H19N3O3S. The Morgan fingerprint density at radius 1 is 1.47 bits per heavy atom. The first-order valence-electron chi connectivity index (χ1n) is 6.20. The highest BCUT2D eigenvalue weighted by molar-refractivity contribution is 7.09. The zero-order valence-corrected chi connectivity index (χ0v) is 12.0. The average Bonchev–Trinajstić information content (AvgIpc) is 2.86. The van der Waals surface area contributed by atoms with Crippen molar-refractivity contribution in [2.45, 2.75) is 26.3 Å². The van der Waals surface area contributed by atoms with Gasteiger partial charge in [0.25, 0.3) is 0 Å². The standard InChI is InChI=1S/C12H19N3O3S/c1-3-18-12(17)9-8-19-11(15-9)7-14-10(16)5-4-6-13-2/h8,13H,3-7H2,1-2H3,(H,14,16). The zero-order chi connectivity index (χ0) is 14.1. The molecule has 0 aliphatic heterocycles. The number of aromatic nitrogens is 1. The number of nitrogens with one attached hydrogen (secondary N) is 2. The van der Waals surface area contributed by atoms with Gasteiger partial charge in [-0.15, -0.1) is 11.3 Å². The van der Waals surface area contributed by atoms with Gasteiger partial charge in [0.05, 0.1) is 13.2 Å². The summed E-state index contributed by atoms with van der Waals surface area (Å²) in [6.45, 7) is 3.24.